The minimum absolute atomic E-state index is 0.368. The number of hydrogen-bond acceptors (Lipinski definition) is 4. The van der Waals surface area contributed by atoms with E-state index in [0.29, 0.717) is 17.0 Å². The monoisotopic (exact) mass is 252 g/mol. The van der Waals surface area contributed by atoms with E-state index in [4.69, 9.17) is 4.42 Å². The molecule has 3 rings (SSSR count). The highest BCUT2D eigenvalue weighted by Gasteiger charge is 2.10. The summed E-state index contributed by atoms with van der Waals surface area (Å²) in [6, 6.07) is 13.5. The molecule has 3 aromatic rings. The average Bonchev–Trinajstić information content (AvgIpc) is 3.04. The number of oxazole rings is 1. The molecule has 18 heavy (non-hydrogen) atoms. The Morgan fingerprint density at radius 2 is 2.17 bits per heavy atom. The quantitative estimate of drug-likeness (QED) is 0.649. The van der Waals surface area contributed by atoms with Gasteiger partial charge in [-0.2, -0.15) is 5.26 Å². The zero-order chi connectivity index (χ0) is 12.4. The summed E-state index contributed by atoms with van der Waals surface area (Å²) >= 11 is 1.57. The standard InChI is InChI=1S/C14H8N2OS/c15-9-10(8-11-4-3-7-18-11)14-16-12-5-1-2-6-13(12)17-14/h1-8H. The van der Waals surface area contributed by atoms with Crippen molar-refractivity contribution < 1.29 is 4.42 Å². The lowest BCUT2D eigenvalue weighted by Crippen LogP contribution is -1.79. The molecule has 0 aliphatic carbocycles. The molecule has 2 aromatic heterocycles. The number of nitriles is 1. The van der Waals surface area contributed by atoms with E-state index in [-0.39, 0.29) is 0 Å². The van der Waals surface area contributed by atoms with E-state index in [1.54, 1.807) is 17.4 Å². The number of nitrogens with zero attached hydrogens (tertiary/aromatic N) is 2. The van der Waals surface area contributed by atoms with Gasteiger partial charge in [-0.25, -0.2) is 4.98 Å². The van der Waals surface area contributed by atoms with Crippen molar-refractivity contribution in [3.8, 4) is 6.07 Å². The van der Waals surface area contributed by atoms with Crippen LogP contribution in [-0.4, -0.2) is 4.98 Å². The van der Waals surface area contributed by atoms with Crippen LogP contribution in [0.3, 0.4) is 0 Å². The summed E-state index contributed by atoms with van der Waals surface area (Å²) in [7, 11) is 0. The lowest BCUT2D eigenvalue weighted by atomic mass is 10.2. The van der Waals surface area contributed by atoms with Crippen molar-refractivity contribution in [3.63, 3.8) is 0 Å². The third kappa shape index (κ3) is 1.92. The van der Waals surface area contributed by atoms with E-state index in [9.17, 15) is 5.26 Å². The van der Waals surface area contributed by atoms with Crippen LogP contribution in [0.15, 0.2) is 46.2 Å². The van der Waals surface area contributed by atoms with Crippen LogP contribution in [0.1, 0.15) is 10.8 Å². The highest BCUT2D eigenvalue weighted by atomic mass is 32.1. The summed E-state index contributed by atoms with van der Waals surface area (Å²) in [5.74, 6) is 0.368. The largest absolute Gasteiger partial charge is 0.435 e. The van der Waals surface area contributed by atoms with Crippen molar-refractivity contribution in [1.82, 2.24) is 4.98 Å². The van der Waals surface area contributed by atoms with Gasteiger partial charge >= 0.3 is 0 Å². The van der Waals surface area contributed by atoms with Gasteiger partial charge in [-0.3, -0.25) is 0 Å². The van der Waals surface area contributed by atoms with Gasteiger partial charge < -0.3 is 4.42 Å². The molecule has 0 aliphatic heterocycles. The lowest BCUT2D eigenvalue weighted by Gasteiger charge is -1.89. The molecule has 0 bridgehead atoms. The fourth-order valence-corrected chi connectivity index (χ4v) is 2.30. The molecule has 0 atom stereocenters. The highest BCUT2D eigenvalue weighted by Crippen LogP contribution is 2.23. The number of hydrogen-bond donors (Lipinski definition) is 0. The number of benzene rings is 1. The first kappa shape index (κ1) is 10.8. The molecule has 0 saturated heterocycles. The average molecular weight is 252 g/mol. The zero-order valence-electron chi connectivity index (χ0n) is 9.33. The summed E-state index contributed by atoms with van der Waals surface area (Å²) in [6.45, 7) is 0. The van der Waals surface area contributed by atoms with Crippen LogP contribution in [0, 0.1) is 11.3 Å². The number of rotatable bonds is 2. The maximum absolute atomic E-state index is 9.19. The number of fused-ring (bicyclic) bond motifs is 1. The molecule has 0 unspecified atom stereocenters. The third-order valence-electron chi connectivity index (χ3n) is 2.47. The van der Waals surface area contributed by atoms with Gasteiger partial charge in [0.25, 0.3) is 0 Å². The molecular weight excluding hydrogens is 244 g/mol. The van der Waals surface area contributed by atoms with Gasteiger partial charge in [0.05, 0.1) is 0 Å². The first-order valence-corrected chi connectivity index (χ1v) is 6.26. The normalized spacial score (nSPS) is 11.6. The number of thiophene rings is 1. The number of allylic oxidation sites excluding steroid dienone is 1. The Hall–Kier alpha value is -2.38. The van der Waals surface area contributed by atoms with E-state index in [1.165, 1.54) is 0 Å². The first-order chi connectivity index (χ1) is 8.86. The summed E-state index contributed by atoms with van der Waals surface area (Å²) in [5.41, 5.74) is 1.90. The van der Waals surface area contributed by atoms with Gasteiger partial charge in [0.1, 0.15) is 17.2 Å². The Morgan fingerprint density at radius 1 is 1.28 bits per heavy atom. The maximum Gasteiger partial charge on any atom is 0.238 e. The Kier molecular flexibility index (Phi) is 2.67. The SMILES string of the molecule is N#CC(=Cc1cccs1)c1nc2ccccc2o1. The van der Waals surface area contributed by atoms with Gasteiger partial charge in [0.15, 0.2) is 5.58 Å². The molecule has 1 aromatic carbocycles. The summed E-state index contributed by atoms with van der Waals surface area (Å²) < 4.78 is 5.57. The van der Waals surface area contributed by atoms with Crippen molar-refractivity contribution in [2.45, 2.75) is 0 Å². The van der Waals surface area contributed by atoms with Crippen LogP contribution in [-0.2, 0) is 0 Å². The van der Waals surface area contributed by atoms with E-state index in [0.717, 1.165) is 10.4 Å². The fraction of sp³-hybridized carbons (Fsp3) is 0. The Labute approximate surface area is 108 Å². The highest BCUT2D eigenvalue weighted by molar-refractivity contribution is 7.10. The molecule has 0 saturated carbocycles. The molecule has 0 aliphatic rings. The summed E-state index contributed by atoms with van der Waals surface area (Å²) in [6.07, 6.45) is 1.79. The lowest BCUT2D eigenvalue weighted by molar-refractivity contribution is 0.586. The van der Waals surface area contributed by atoms with Gasteiger partial charge in [-0.1, -0.05) is 18.2 Å². The van der Waals surface area contributed by atoms with Crippen molar-refractivity contribution in [2.24, 2.45) is 0 Å². The van der Waals surface area contributed by atoms with Gasteiger partial charge in [0.2, 0.25) is 5.89 Å². The second-order valence-electron chi connectivity index (χ2n) is 3.67. The van der Waals surface area contributed by atoms with Crippen molar-refractivity contribution in [2.75, 3.05) is 0 Å². The van der Waals surface area contributed by atoms with E-state index < -0.39 is 0 Å². The van der Waals surface area contributed by atoms with E-state index >= 15 is 0 Å². The second kappa shape index (κ2) is 4.47. The van der Waals surface area contributed by atoms with Crippen molar-refractivity contribution in [3.05, 3.63) is 52.5 Å². The Morgan fingerprint density at radius 3 is 2.89 bits per heavy atom. The second-order valence-corrected chi connectivity index (χ2v) is 4.65. The maximum atomic E-state index is 9.19. The number of para-hydroxylation sites is 2. The molecule has 0 fully saturated rings. The third-order valence-corrected chi connectivity index (χ3v) is 3.29. The molecular formula is C14H8N2OS. The van der Waals surface area contributed by atoms with Crippen molar-refractivity contribution >= 4 is 34.1 Å². The Balaban J connectivity index is 2.09. The molecule has 0 amide bonds. The molecule has 4 heteroatoms. The van der Waals surface area contributed by atoms with Crippen LogP contribution < -0.4 is 0 Å². The Bertz CT molecular complexity index is 715. The van der Waals surface area contributed by atoms with Gasteiger partial charge in [0, 0.05) is 4.88 Å². The number of aromatic nitrogens is 1. The van der Waals surface area contributed by atoms with E-state index in [1.807, 2.05) is 41.8 Å². The molecule has 86 valence electrons. The predicted molar refractivity (Wildman–Crippen MR) is 71.8 cm³/mol. The molecule has 3 nitrogen and oxygen atoms in total. The van der Waals surface area contributed by atoms with Crippen LogP contribution in [0.25, 0.3) is 22.7 Å². The first-order valence-electron chi connectivity index (χ1n) is 5.38. The molecule has 0 spiro atoms. The van der Waals surface area contributed by atoms with Crippen LogP contribution in [0.2, 0.25) is 0 Å². The van der Waals surface area contributed by atoms with Crippen LogP contribution >= 0.6 is 11.3 Å². The summed E-state index contributed by atoms with van der Waals surface area (Å²) in [5, 5.41) is 11.2. The van der Waals surface area contributed by atoms with Gasteiger partial charge in [-0.05, 0) is 29.7 Å². The van der Waals surface area contributed by atoms with Crippen LogP contribution in [0.4, 0.5) is 0 Å². The predicted octanol–water partition coefficient (Wildman–Crippen LogP) is 3.95. The molecule has 0 radical (unpaired) electrons. The fourth-order valence-electron chi connectivity index (χ4n) is 1.64. The minimum Gasteiger partial charge on any atom is -0.435 e. The minimum atomic E-state index is 0.368. The summed E-state index contributed by atoms with van der Waals surface area (Å²) in [4.78, 5) is 5.32. The van der Waals surface area contributed by atoms with E-state index in [2.05, 4.69) is 11.1 Å². The zero-order valence-corrected chi connectivity index (χ0v) is 10.1. The topological polar surface area (TPSA) is 49.8 Å². The van der Waals surface area contributed by atoms with Crippen LogP contribution in [0.5, 0.6) is 0 Å². The molecule has 0 N–H and O–H groups in total. The molecule has 2 heterocycles. The van der Waals surface area contributed by atoms with Gasteiger partial charge in [-0.15, -0.1) is 11.3 Å². The van der Waals surface area contributed by atoms with Crippen molar-refractivity contribution in [1.29, 1.82) is 5.26 Å². The smallest absolute Gasteiger partial charge is 0.238 e.